The molecule has 0 saturated heterocycles. The fraction of sp³-hybridized carbons (Fsp3) is 0.208. The molecule has 4 aromatic rings. The van der Waals surface area contributed by atoms with Crippen LogP contribution in [0.3, 0.4) is 0 Å². The van der Waals surface area contributed by atoms with Crippen LogP contribution in [0.15, 0.2) is 71.2 Å². The van der Waals surface area contributed by atoms with E-state index >= 15 is 0 Å². The van der Waals surface area contributed by atoms with Crippen LogP contribution in [0.1, 0.15) is 35.4 Å². The second kappa shape index (κ2) is 9.44. The van der Waals surface area contributed by atoms with Gasteiger partial charge in [0, 0.05) is 10.9 Å². The summed E-state index contributed by atoms with van der Waals surface area (Å²) in [6.45, 7) is 0. The number of nitrogens with one attached hydrogen (secondary N) is 1. The van der Waals surface area contributed by atoms with Crippen LogP contribution >= 0.6 is 23.1 Å². The monoisotopic (exact) mass is 482 g/mol. The molecule has 0 bridgehead atoms. The Kier molecular flexibility index (Phi) is 6.24. The second-order valence-electron chi connectivity index (χ2n) is 7.74. The smallest absolute Gasteiger partial charge is 0.231 e. The van der Waals surface area contributed by atoms with Crippen molar-refractivity contribution in [1.29, 1.82) is 0 Å². The van der Waals surface area contributed by atoms with Crippen LogP contribution in [0.5, 0.6) is 0 Å². The molecule has 5 rings (SSSR count). The van der Waals surface area contributed by atoms with E-state index in [0.717, 1.165) is 23.3 Å². The van der Waals surface area contributed by atoms with Crippen molar-refractivity contribution in [2.75, 3.05) is 5.75 Å². The lowest BCUT2D eigenvalue weighted by Crippen LogP contribution is -2.30. The molecule has 1 aliphatic carbocycles. The zero-order valence-electron chi connectivity index (χ0n) is 17.4. The van der Waals surface area contributed by atoms with Crippen molar-refractivity contribution < 1.29 is 13.6 Å². The zero-order chi connectivity index (χ0) is 22.8. The molecule has 2 aromatic heterocycles. The van der Waals surface area contributed by atoms with Gasteiger partial charge in [-0.1, -0.05) is 42.1 Å². The van der Waals surface area contributed by atoms with Gasteiger partial charge >= 0.3 is 0 Å². The van der Waals surface area contributed by atoms with Gasteiger partial charge in [-0.3, -0.25) is 9.36 Å². The Labute approximate surface area is 197 Å². The summed E-state index contributed by atoms with van der Waals surface area (Å²) in [6, 6.07) is 16.3. The first-order valence-electron chi connectivity index (χ1n) is 10.5. The maximum atomic E-state index is 14.4. The summed E-state index contributed by atoms with van der Waals surface area (Å²) in [5.41, 5.74) is 1.21. The minimum Gasteiger partial charge on any atom is -0.344 e. The highest BCUT2D eigenvalue weighted by molar-refractivity contribution is 7.99. The predicted octanol–water partition coefficient (Wildman–Crippen LogP) is 5.62. The van der Waals surface area contributed by atoms with Crippen LogP contribution < -0.4 is 5.32 Å². The van der Waals surface area contributed by atoms with Crippen molar-refractivity contribution in [2.45, 2.75) is 30.1 Å². The molecule has 33 heavy (non-hydrogen) atoms. The molecule has 1 saturated carbocycles. The Balaban J connectivity index is 1.33. The number of hydrogen-bond donors (Lipinski definition) is 1. The van der Waals surface area contributed by atoms with Crippen molar-refractivity contribution >= 4 is 29.0 Å². The topological polar surface area (TPSA) is 59.8 Å². The second-order valence-corrected chi connectivity index (χ2v) is 9.67. The molecule has 1 amide bonds. The third-order valence-electron chi connectivity index (χ3n) is 5.36. The van der Waals surface area contributed by atoms with E-state index in [-0.39, 0.29) is 35.4 Å². The summed E-state index contributed by atoms with van der Waals surface area (Å²) >= 11 is 2.81. The lowest BCUT2D eigenvalue weighted by molar-refractivity contribution is -0.119. The average Bonchev–Trinajstić information content (AvgIpc) is 3.34. The van der Waals surface area contributed by atoms with Crippen molar-refractivity contribution in [1.82, 2.24) is 20.1 Å². The van der Waals surface area contributed by atoms with E-state index in [1.165, 1.54) is 41.3 Å². The molecular weight excluding hydrogens is 462 g/mol. The molecule has 0 aliphatic heterocycles. The molecule has 2 aromatic carbocycles. The van der Waals surface area contributed by atoms with E-state index < -0.39 is 0 Å². The third-order valence-corrected chi connectivity index (χ3v) is 7.24. The molecule has 5 nitrogen and oxygen atoms in total. The van der Waals surface area contributed by atoms with E-state index in [2.05, 4.69) is 15.5 Å². The summed E-state index contributed by atoms with van der Waals surface area (Å²) in [6.07, 6.45) is 1.95. The SMILES string of the molecule is O=C(CSc1nnc(-c2ccccc2F)n1C1CC1)NC(c1ccc(F)cc1)c1cccs1. The van der Waals surface area contributed by atoms with Crippen LogP contribution in [0.4, 0.5) is 8.78 Å². The number of thioether (sulfide) groups is 1. The number of hydrogen-bond acceptors (Lipinski definition) is 5. The van der Waals surface area contributed by atoms with Crippen LogP contribution in [-0.4, -0.2) is 26.4 Å². The average molecular weight is 483 g/mol. The van der Waals surface area contributed by atoms with Gasteiger partial charge in [0.25, 0.3) is 0 Å². The normalized spacial score (nSPS) is 14.2. The van der Waals surface area contributed by atoms with Crippen molar-refractivity contribution in [3.63, 3.8) is 0 Å². The quantitative estimate of drug-likeness (QED) is 0.331. The fourth-order valence-electron chi connectivity index (χ4n) is 3.63. The van der Waals surface area contributed by atoms with E-state index in [1.54, 1.807) is 30.3 Å². The van der Waals surface area contributed by atoms with Gasteiger partial charge < -0.3 is 5.32 Å². The number of nitrogens with zero attached hydrogens (tertiary/aromatic N) is 3. The number of rotatable bonds is 8. The highest BCUT2D eigenvalue weighted by Gasteiger charge is 2.31. The molecular formula is C24H20F2N4OS2. The van der Waals surface area contributed by atoms with Gasteiger partial charge in [-0.15, -0.1) is 21.5 Å². The maximum absolute atomic E-state index is 14.4. The molecule has 1 atom stereocenters. The molecule has 0 spiro atoms. The van der Waals surface area contributed by atoms with Gasteiger partial charge in [0.1, 0.15) is 11.6 Å². The van der Waals surface area contributed by atoms with Gasteiger partial charge in [-0.25, -0.2) is 8.78 Å². The number of halogens is 2. The lowest BCUT2D eigenvalue weighted by Gasteiger charge is -2.18. The Morgan fingerprint density at radius 2 is 1.88 bits per heavy atom. The van der Waals surface area contributed by atoms with E-state index in [9.17, 15) is 13.6 Å². The van der Waals surface area contributed by atoms with Crippen molar-refractivity contribution in [3.8, 4) is 11.4 Å². The minimum atomic E-state index is -0.367. The summed E-state index contributed by atoms with van der Waals surface area (Å²) < 4.78 is 29.7. The summed E-state index contributed by atoms with van der Waals surface area (Å²) in [7, 11) is 0. The zero-order valence-corrected chi connectivity index (χ0v) is 19.1. The number of thiophene rings is 1. The van der Waals surface area contributed by atoms with Gasteiger partial charge in [0.05, 0.1) is 17.4 Å². The van der Waals surface area contributed by atoms with Crippen LogP contribution in [-0.2, 0) is 4.79 Å². The molecule has 1 unspecified atom stereocenters. The molecule has 9 heteroatoms. The van der Waals surface area contributed by atoms with E-state index in [1.807, 2.05) is 22.1 Å². The van der Waals surface area contributed by atoms with Crippen LogP contribution in [0.2, 0.25) is 0 Å². The number of carbonyl (C=O) groups is 1. The van der Waals surface area contributed by atoms with Crippen molar-refractivity contribution in [2.24, 2.45) is 0 Å². The van der Waals surface area contributed by atoms with E-state index in [4.69, 9.17) is 0 Å². The molecule has 1 N–H and O–H groups in total. The Morgan fingerprint density at radius 3 is 2.58 bits per heavy atom. The summed E-state index contributed by atoms with van der Waals surface area (Å²) in [4.78, 5) is 13.8. The van der Waals surface area contributed by atoms with Crippen molar-refractivity contribution in [3.05, 3.63) is 88.1 Å². The Bertz CT molecular complexity index is 1250. The molecule has 1 aliphatic rings. The van der Waals surface area contributed by atoms with Gasteiger partial charge in [0.2, 0.25) is 5.91 Å². The first-order valence-corrected chi connectivity index (χ1v) is 12.4. The highest BCUT2D eigenvalue weighted by atomic mass is 32.2. The summed E-state index contributed by atoms with van der Waals surface area (Å²) in [5, 5.41) is 14.1. The molecule has 1 fully saturated rings. The van der Waals surface area contributed by atoms with Gasteiger partial charge in [0.15, 0.2) is 11.0 Å². The first-order chi connectivity index (χ1) is 16.1. The third kappa shape index (κ3) is 4.84. The number of amides is 1. The number of aromatic nitrogens is 3. The highest BCUT2D eigenvalue weighted by Crippen LogP contribution is 2.41. The molecule has 168 valence electrons. The maximum Gasteiger partial charge on any atom is 0.231 e. The minimum absolute atomic E-state index is 0.130. The van der Waals surface area contributed by atoms with E-state index in [0.29, 0.717) is 16.5 Å². The van der Waals surface area contributed by atoms with Gasteiger partial charge in [-0.2, -0.15) is 0 Å². The number of benzene rings is 2. The Morgan fingerprint density at radius 1 is 1.09 bits per heavy atom. The molecule has 0 radical (unpaired) electrons. The fourth-order valence-corrected chi connectivity index (χ4v) is 5.24. The standard InChI is InChI=1S/C24H20F2N4OS2/c25-16-9-7-15(8-10-16)22(20-6-3-13-32-20)27-21(31)14-33-24-29-28-23(30(24)17-11-12-17)18-4-1-2-5-19(18)26/h1-10,13,17,22H,11-12,14H2,(H,27,31). The lowest BCUT2D eigenvalue weighted by atomic mass is 10.1. The van der Waals surface area contributed by atoms with Crippen LogP contribution in [0, 0.1) is 11.6 Å². The number of carbonyl (C=O) groups excluding carboxylic acids is 1. The predicted molar refractivity (Wildman–Crippen MR) is 125 cm³/mol. The first kappa shape index (κ1) is 21.8. The van der Waals surface area contributed by atoms with Crippen LogP contribution in [0.25, 0.3) is 11.4 Å². The largest absolute Gasteiger partial charge is 0.344 e. The molecule has 2 heterocycles. The Hall–Kier alpha value is -3.04. The summed E-state index contributed by atoms with van der Waals surface area (Å²) in [5.74, 6) is -0.234. The van der Waals surface area contributed by atoms with Gasteiger partial charge in [-0.05, 0) is 54.1 Å².